The van der Waals surface area contributed by atoms with Crippen LogP contribution in [0.4, 0.5) is 0 Å². The lowest BCUT2D eigenvalue weighted by molar-refractivity contribution is 0.101. The minimum Gasteiger partial charge on any atom is -0.439 e. The molecule has 0 amide bonds. The lowest BCUT2D eigenvalue weighted by atomic mass is 10.1. The van der Waals surface area contributed by atoms with Crippen molar-refractivity contribution in [2.24, 2.45) is 0 Å². The molecule has 0 fully saturated rings. The van der Waals surface area contributed by atoms with Crippen molar-refractivity contribution in [1.29, 1.82) is 0 Å². The number of hydrogen-bond acceptors (Lipinski definition) is 5. The van der Waals surface area contributed by atoms with Gasteiger partial charge in [-0.2, -0.15) is 0 Å². The van der Waals surface area contributed by atoms with E-state index in [-0.39, 0.29) is 16.6 Å². The number of ketones is 1. The zero-order chi connectivity index (χ0) is 14.8. The van der Waals surface area contributed by atoms with Crippen LogP contribution in [0.5, 0.6) is 11.6 Å². The maximum atomic E-state index is 11.3. The molecule has 0 aliphatic carbocycles. The van der Waals surface area contributed by atoms with Crippen molar-refractivity contribution >= 4 is 15.6 Å². The van der Waals surface area contributed by atoms with Crippen molar-refractivity contribution in [2.75, 3.05) is 6.26 Å². The van der Waals surface area contributed by atoms with Crippen molar-refractivity contribution in [1.82, 2.24) is 4.98 Å². The second-order valence-electron chi connectivity index (χ2n) is 4.29. The van der Waals surface area contributed by atoms with Crippen LogP contribution in [0.3, 0.4) is 0 Å². The van der Waals surface area contributed by atoms with Crippen LogP contribution in [-0.4, -0.2) is 25.4 Å². The van der Waals surface area contributed by atoms with E-state index in [0.717, 1.165) is 6.26 Å². The van der Waals surface area contributed by atoms with E-state index < -0.39 is 9.84 Å². The predicted molar refractivity (Wildman–Crippen MR) is 73.9 cm³/mol. The number of rotatable bonds is 4. The molecule has 0 atom stereocenters. The quantitative estimate of drug-likeness (QED) is 0.809. The number of benzene rings is 1. The Labute approximate surface area is 117 Å². The van der Waals surface area contributed by atoms with Crippen LogP contribution >= 0.6 is 0 Å². The second-order valence-corrected chi connectivity index (χ2v) is 6.30. The number of hydrogen-bond donors (Lipinski definition) is 0. The summed E-state index contributed by atoms with van der Waals surface area (Å²) in [5.41, 5.74) is 0.595. The molecule has 0 saturated heterocycles. The van der Waals surface area contributed by atoms with Gasteiger partial charge in [0.25, 0.3) is 0 Å². The van der Waals surface area contributed by atoms with E-state index in [2.05, 4.69) is 4.98 Å². The molecule has 0 unspecified atom stereocenters. The first kappa shape index (κ1) is 14.2. The highest BCUT2D eigenvalue weighted by Gasteiger charge is 2.08. The second kappa shape index (κ2) is 5.42. The minimum absolute atomic E-state index is 0.0211. The van der Waals surface area contributed by atoms with Gasteiger partial charge in [0.1, 0.15) is 5.75 Å². The van der Waals surface area contributed by atoms with Crippen molar-refractivity contribution < 1.29 is 17.9 Å². The van der Waals surface area contributed by atoms with Gasteiger partial charge in [-0.15, -0.1) is 0 Å². The van der Waals surface area contributed by atoms with Crippen LogP contribution in [-0.2, 0) is 9.84 Å². The lowest BCUT2D eigenvalue weighted by Crippen LogP contribution is -1.98. The molecule has 20 heavy (non-hydrogen) atoms. The molecule has 2 rings (SSSR count). The number of nitrogens with zero attached hydrogens (tertiary/aromatic N) is 1. The van der Waals surface area contributed by atoms with Gasteiger partial charge in [-0.25, -0.2) is 13.4 Å². The Morgan fingerprint density at radius 1 is 1.10 bits per heavy atom. The smallest absolute Gasteiger partial charge is 0.219 e. The molecular weight excluding hydrogens is 278 g/mol. The van der Waals surface area contributed by atoms with E-state index in [9.17, 15) is 13.2 Å². The van der Waals surface area contributed by atoms with Gasteiger partial charge in [0.15, 0.2) is 15.6 Å². The maximum absolute atomic E-state index is 11.3. The van der Waals surface area contributed by atoms with Crippen LogP contribution in [0.1, 0.15) is 17.3 Å². The molecule has 1 aromatic heterocycles. The molecule has 0 radical (unpaired) electrons. The topological polar surface area (TPSA) is 73.3 Å². The summed E-state index contributed by atoms with van der Waals surface area (Å²) in [5.74, 6) is 0.787. The monoisotopic (exact) mass is 291 g/mol. The SMILES string of the molecule is CC(=O)c1ccc(Oc2ccc(S(C)(=O)=O)cn2)cc1. The Bertz CT molecular complexity index is 719. The molecule has 0 bridgehead atoms. The number of Topliss-reactive ketones (excluding diaryl/α,β-unsaturated/α-hetero) is 1. The Morgan fingerprint density at radius 3 is 2.20 bits per heavy atom. The summed E-state index contributed by atoms with van der Waals surface area (Å²) in [4.78, 5) is 15.2. The Morgan fingerprint density at radius 2 is 1.75 bits per heavy atom. The van der Waals surface area contributed by atoms with Crippen LogP contribution in [0.25, 0.3) is 0 Å². The van der Waals surface area contributed by atoms with Gasteiger partial charge in [-0.3, -0.25) is 4.79 Å². The van der Waals surface area contributed by atoms with E-state index in [0.29, 0.717) is 11.3 Å². The molecule has 6 heteroatoms. The molecule has 0 aliphatic heterocycles. The molecular formula is C14H13NO4S. The summed E-state index contributed by atoms with van der Waals surface area (Å²) in [6, 6.07) is 9.54. The number of ether oxygens (including phenoxy) is 1. The maximum Gasteiger partial charge on any atom is 0.219 e. The number of carbonyl (C=O) groups is 1. The summed E-state index contributed by atoms with van der Waals surface area (Å²) < 4.78 is 28.0. The van der Waals surface area contributed by atoms with Gasteiger partial charge in [0, 0.05) is 24.1 Å². The standard InChI is InChI=1S/C14H13NO4S/c1-10(16)11-3-5-12(6-4-11)19-14-8-7-13(9-15-14)20(2,17)18/h3-9H,1-2H3. The van der Waals surface area contributed by atoms with Gasteiger partial charge >= 0.3 is 0 Å². The molecule has 5 nitrogen and oxygen atoms in total. The molecule has 0 spiro atoms. The first-order valence-corrected chi connectivity index (χ1v) is 7.70. The Balaban J connectivity index is 2.16. The number of carbonyl (C=O) groups excluding carboxylic acids is 1. The van der Waals surface area contributed by atoms with Crippen LogP contribution < -0.4 is 4.74 Å². The molecule has 0 N–H and O–H groups in total. The van der Waals surface area contributed by atoms with Gasteiger partial charge in [-0.05, 0) is 37.3 Å². The third kappa shape index (κ3) is 3.42. The van der Waals surface area contributed by atoms with Gasteiger partial charge in [0.05, 0.1) is 4.90 Å². The van der Waals surface area contributed by atoms with Crippen molar-refractivity contribution in [2.45, 2.75) is 11.8 Å². The van der Waals surface area contributed by atoms with E-state index in [1.54, 1.807) is 24.3 Å². The fourth-order valence-corrected chi connectivity index (χ4v) is 2.08. The molecule has 1 heterocycles. The normalized spacial score (nSPS) is 11.1. The summed E-state index contributed by atoms with van der Waals surface area (Å²) in [5, 5.41) is 0. The predicted octanol–water partition coefficient (Wildman–Crippen LogP) is 2.48. The third-order valence-corrected chi connectivity index (χ3v) is 3.72. The highest BCUT2D eigenvalue weighted by molar-refractivity contribution is 7.90. The van der Waals surface area contributed by atoms with Crippen LogP contribution in [0.2, 0.25) is 0 Å². The van der Waals surface area contributed by atoms with Crippen molar-refractivity contribution in [3.63, 3.8) is 0 Å². The lowest BCUT2D eigenvalue weighted by Gasteiger charge is -2.05. The first-order valence-electron chi connectivity index (χ1n) is 5.81. The zero-order valence-corrected chi connectivity index (χ0v) is 11.8. The third-order valence-electron chi connectivity index (χ3n) is 2.62. The summed E-state index contributed by atoms with van der Waals surface area (Å²) >= 11 is 0. The first-order chi connectivity index (χ1) is 9.36. The summed E-state index contributed by atoms with van der Waals surface area (Å²) in [6.45, 7) is 1.49. The van der Waals surface area contributed by atoms with Gasteiger partial charge in [-0.1, -0.05) is 0 Å². The fourth-order valence-electron chi connectivity index (χ4n) is 1.52. The van der Waals surface area contributed by atoms with E-state index in [4.69, 9.17) is 4.74 Å². The van der Waals surface area contributed by atoms with Crippen LogP contribution in [0.15, 0.2) is 47.5 Å². The van der Waals surface area contributed by atoms with E-state index in [1.807, 2.05) is 0 Å². The Kier molecular flexibility index (Phi) is 3.85. The van der Waals surface area contributed by atoms with Crippen LogP contribution in [0, 0.1) is 0 Å². The zero-order valence-electron chi connectivity index (χ0n) is 11.0. The van der Waals surface area contributed by atoms with E-state index >= 15 is 0 Å². The Hall–Kier alpha value is -2.21. The molecule has 104 valence electrons. The van der Waals surface area contributed by atoms with Crippen molar-refractivity contribution in [3.05, 3.63) is 48.2 Å². The minimum atomic E-state index is -3.26. The average Bonchev–Trinajstić information content (AvgIpc) is 2.39. The van der Waals surface area contributed by atoms with E-state index in [1.165, 1.54) is 25.3 Å². The van der Waals surface area contributed by atoms with Gasteiger partial charge in [0.2, 0.25) is 5.88 Å². The fraction of sp³-hybridized carbons (Fsp3) is 0.143. The molecule has 0 saturated carbocycles. The number of sulfone groups is 1. The van der Waals surface area contributed by atoms with Gasteiger partial charge < -0.3 is 4.74 Å². The molecule has 0 aliphatic rings. The molecule has 2 aromatic rings. The van der Waals surface area contributed by atoms with Crippen molar-refractivity contribution in [3.8, 4) is 11.6 Å². The number of aromatic nitrogens is 1. The average molecular weight is 291 g/mol. The molecule has 1 aromatic carbocycles. The highest BCUT2D eigenvalue weighted by Crippen LogP contribution is 2.21. The largest absolute Gasteiger partial charge is 0.439 e. The summed E-state index contributed by atoms with van der Waals surface area (Å²) in [7, 11) is -3.26. The highest BCUT2D eigenvalue weighted by atomic mass is 32.2. The summed E-state index contributed by atoms with van der Waals surface area (Å²) in [6.07, 6.45) is 2.36. The number of pyridine rings is 1.